The molecule has 0 saturated carbocycles. The fraction of sp³-hybridized carbons (Fsp3) is 0.385. The monoisotopic (exact) mass is 502 g/mol. The average molecular weight is 503 g/mol. The first-order chi connectivity index (χ1) is 17.2. The van der Waals surface area contributed by atoms with Crippen molar-refractivity contribution in [1.29, 1.82) is 0 Å². The molecule has 0 aromatic heterocycles. The van der Waals surface area contributed by atoms with Crippen molar-refractivity contribution in [3.63, 3.8) is 0 Å². The van der Waals surface area contributed by atoms with Gasteiger partial charge in [-0.2, -0.15) is 0 Å². The predicted octanol–water partition coefficient (Wildman–Crippen LogP) is -2.23. The zero-order chi connectivity index (χ0) is 26.9. The summed E-state index contributed by atoms with van der Waals surface area (Å²) in [6.07, 6.45) is 7.42. The highest BCUT2D eigenvalue weighted by Gasteiger charge is 2.17. The minimum atomic E-state index is -2.07. The number of nitrogens with two attached hydrogens (primary N) is 1. The van der Waals surface area contributed by atoms with E-state index in [0.717, 1.165) is 13.0 Å². The predicted molar refractivity (Wildman–Crippen MR) is 128 cm³/mol. The van der Waals surface area contributed by atoms with Crippen LogP contribution in [0.5, 0.6) is 0 Å². The van der Waals surface area contributed by atoms with Gasteiger partial charge < -0.3 is 40.2 Å². The molecular weight excluding hydrogens is 468 g/mol. The first kappa shape index (κ1) is 30.3. The SMILES string of the molecule is C=CCC(C[NH2+]CC[NH+]1CCCCC1)c1cccc2ccccc12.O=C([O-])C(=O)O.O=C([O-])C(=O)O. The smallest absolute Gasteiger partial charge is 0.351 e. The summed E-state index contributed by atoms with van der Waals surface area (Å²) in [5.41, 5.74) is 1.48. The molecule has 1 unspecified atom stereocenters. The summed E-state index contributed by atoms with van der Waals surface area (Å²) in [6, 6.07) is 15.5. The van der Waals surface area contributed by atoms with E-state index in [4.69, 9.17) is 39.6 Å². The molecule has 1 fully saturated rings. The summed E-state index contributed by atoms with van der Waals surface area (Å²) in [5, 5.41) is 37.9. The van der Waals surface area contributed by atoms with Gasteiger partial charge in [0.2, 0.25) is 0 Å². The maximum atomic E-state index is 9.04. The Kier molecular flexibility index (Phi) is 14.1. The third kappa shape index (κ3) is 11.6. The van der Waals surface area contributed by atoms with Gasteiger partial charge in [0.25, 0.3) is 0 Å². The Morgan fingerprint density at radius 3 is 2.06 bits per heavy atom. The average Bonchev–Trinajstić information content (AvgIpc) is 2.87. The van der Waals surface area contributed by atoms with Gasteiger partial charge in [-0.3, -0.25) is 0 Å². The largest absolute Gasteiger partial charge is 0.539 e. The number of hydrogen-bond acceptors (Lipinski definition) is 6. The first-order valence-corrected chi connectivity index (χ1v) is 11.8. The van der Waals surface area contributed by atoms with E-state index in [1.807, 2.05) is 4.90 Å². The molecule has 0 aliphatic carbocycles. The molecule has 0 radical (unpaired) electrons. The van der Waals surface area contributed by atoms with Crippen molar-refractivity contribution in [3.8, 4) is 0 Å². The Balaban J connectivity index is 0.000000450. The van der Waals surface area contributed by atoms with Crippen LogP contribution in [0.3, 0.4) is 0 Å². The lowest BCUT2D eigenvalue weighted by atomic mass is 9.91. The van der Waals surface area contributed by atoms with Gasteiger partial charge in [0.1, 0.15) is 13.1 Å². The molecule has 10 nitrogen and oxygen atoms in total. The van der Waals surface area contributed by atoms with Crippen molar-refractivity contribution in [2.45, 2.75) is 31.6 Å². The van der Waals surface area contributed by atoms with Crippen molar-refractivity contribution in [1.82, 2.24) is 0 Å². The summed E-state index contributed by atoms with van der Waals surface area (Å²) in [6.45, 7) is 10.5. The van der Waals surface area contributed by atoms with Crippen LogP contribution < -0.4 is 20.4 Å². The molecule has 1 aliphatic rings. The molecule has 1 saturated heterocycles. The topological polar surface area (TPSA) is 176 Å². The molecule has 1 heterocycles. The molecule has 5 N–H and O–H groups in total. The van der Waals surface area contributed by atoms with Crippen molar-refractivity contribution < 1.29 is 49.8 Å². The van der Waals surface area contributed by atoms with Crippen molar-refractivity contribution in [2.75, 3.05) is 32.7 Å². The third-order valence-electron chi connectivity index (χ3n) is 5.78. The molecule has 0 bridgehead atoms. The van der Waals surface area contributed by atoms with Gasteiger partial charge in [-0.1, -0.05) is 48.5 Å². The number of fused-ring (bicyclic) bond motifs is 1. The van der Waals surface area contributed by atoms with E-state index < -0.39 is 23.9 Å². The van der Waals surface area contributed by atoms with E-state index in [1.165, 1.54) is 61.8 Å². The van der Waals surface area contributed by atoms with Gasteiger partial charge in [-0.25, -0.2) is 9.59 Å². The second-order valence-electron chi connectivity index (χ2n) is 8.35. The number of aliphatic carboxylic acids is 4. The maximum Gasteiger partial charge on any atom is 0.351 e. The normalized spacial score (nSPS) is 13.8. The number of hydrogen-bond donors (Lipinski definition) is 4. The molecule has 36 heavy (non-hydrogen) atoms. The Morgan fingerprint density at radius 2 is 1.50 bits per heavy atom. The highest BCUT2D eigenvalue weighted by atomic mass is 16.4. The zero-order valence-electron chi connectivity index (χ0n) is 20.2. The van der Waals surface area contributed by atoms with Gasteiger partial charge in [0.15, 0.2) is 11.9 Å². The summed E-state index contributed by atoms with van der Waals surface area (Å²) < 4.78 is 0. The maximum absolute atomic E-state index is 9.04. The fourth-order valence-corrected chi connectivity index (χ4v) is 4.08. The number of benzene rings is 2. The van der Waals surface area contributed by atoms with Crippen molar-refractivity contribution >= 4 is 34.6 Å². The number of carbonyl (C=O) groups excluding carboxylic acids is 2. The zero-order valence-corrected chi connectivity index (χ0v) is 20.2. The highest BCUT2D eigenvalue weighted by Crippen LogP contribution is 2.27. The van der Waals surface area contributed by atoms with Crippen LogP contribution in [0.2, 0.25) is 0 Å². The molecule has 196 valence electrons. The number of allylic oxidation sites excluding steroid dienone is 1. The Bertz CT molecular complexity index is 965. The van der Waals surface area contributed by atoms with E-state index in [9.17, 15) is 0 Å². The van der Waals surface area contributed by atoms with Crippen molar-refractivity contribution in [2.24, 2.45) is 0 Å². The van der Waals surface area contributed by atoms with Crippen LogP contribution in [-0.4, -0.2) is 66.8 Å². The molecule has 2 aromatic rings. The minimum absolute atomic E-state index is 0.560. The lowest BCUT2D eigenvalue weighted by Crippen LogP contribution is -3.15. The number of carboxylic acids is 4. The van der Waals surface area contributed by atoms with Crippen molar-refractivity contribution in [3.05, 3.63) is 60.7 Å². The Morgan fingerprint density at radius 1 is 0.944 bits per heavy atom. The van der Waals surface area contributed by atoms with Gasteiger partial charge in [-0.15, -0.1) is 6.58 Å². The lowest BCUT2D eigenvalue weighted by Gasteiger charge is -2.23. The van der Waals surface area contributed by atoms with Crippen LogP contribution in [0.15, 0.2) is 55.1 Å². The number of rotatable bonds is 8. The quantitative estimate of drug-likeness (QED) is 0.178. The molecule has 1 atom stereocenters. The minimum Gasteiger partial charge on any atom is -0.539 e. The molecule has 0 amide bonds. The van der Waals surface area contributed by atoms with E-state index in [-0.39, 0.29) is 0 Å². The first-order valence-electron chi connectivity index (χ1n) is 11.8. The summed E-state index contributed by atoms with van der Waals surface area (Å²) in [7, 11) is 0. The molecule has 10 heteroatoms. The van der Waals surface area contributed by atoms with Crippen LogP contribution in [0, 0.1) is 0 Å². The molecule has 1 aliphatic heterocycles. The molecule has 0 spiro atoms. The number of likely N-dealkylation sites (tertiary alicyclic amines) is 1. The number of piperidine rings is 1. The molecule has 3 rings (SSSR count). The third-order valence-corrected chi connectivity index (χ3v) is 5.78. The van der Waals surface area contributed by atoms with Crippen LogP contribution in [-0.2, 0) is 19.2 Å². The standard InChI is InChI=1S/C22H30N2.2C2H2O4/c1-2-9-20(18-23-14-17-24-15-6-3-7-16-24)22-13-8-11-19-10-4-5-12-21(19)22;2*3-1(4)2(5)6/h2,4-5,8,10-13,20,23H,1,3,6-7,9,14-18H2;2*(H,3,4)(H,5,6). The van der Waals surface area contributed by atoms with Crippen LogP contribution in [0.25, 0.3) is 10.8 Å². The number of quaternary nitrogens is 2. The lowest BCUT2D eigenvalue weighted by molar-refractivity contribution is -0.917. The van der Waals surface area contributed by atoms with E-state index in [1.54, 1.807) is 0 Å². The van der Waals surface area contributed by atoms with Gasteiger partial charge in [0.05, 0.1) is 19.6 Å². The number of carbonyl (C=O) groups is 4. The number of nitrogens with one attached hydrogen (secondary N) is 1. The summed E-state index contributed by atoms with van der Waals surface area (Å²) in [4.78, 5) is 37.9. The van der Waals surface area contributed by atoms with Gasteiger partial charge in [0, 0.05) is 5.92 Å². The Labute approximate surface area is 209 Å². The van der Waals surface area contributed by atoms with E-state index in [2.05, 4.69) is 60.4 Å². The number of carboxylic acid groups (broad SMARTS) is 4. The van der Waals surface area contributed by atoms with Crippen LogP contribution in [0.1, 0.15) is 37.2 Å². The fourth-order valence-electron chi connectivity index (χ4n) is 4.08. The summed E-state index contributed by atoms with van der Waals surface area (Å²) >= 11 is 0. The molecular formula is C26H34N2O8. The van der Waals surface area contributed by atoms with Crippen LogP contribution >= 0.6 is 0 Å². The summed E-state index contributed by atoms with van der Waals surface area (Å²) in [5.74, 6) is -7.46. The van der Waals surface area contributed by atoms with Crippen LogP contribution in [0.4, 0.5) is 0 Å². The second-order valence-corrected chi connectivity index (χ2v) is 8.35. The van der Waals surface area contributed by atoms with Gasteiger partial charge >= 0.3 is 11.9 Å². The van der Waals surface area contributed by atoms with Gasteiger partial charge in [-0.05, 0) is 42.0 Å². The van der Waals surface area contributed by atoms with E-state index in [0.29, 0.717) is 5.92 Å². The molecule has 2 aromatic carbocycles. The highest BCUT2D eigenvalue weighted by molar-refractivity contribution is 6.26. The Hall–Kier alpha value is -3.76. The second kappa shape index (κ2) is 16.8. The van der Waals surface area contributed by atoms with E-state index >= 15 is 0 Å².